The van der Waals surface area contributed by atoms with Gasteiger partial charge in [0.2, 0.25) is 0 Å². The van der Waals surface area contributed by atoms with E-state index < -0.39 is 0 Å². The van der Waals surface area contributed by atoms with E-state index in [0.29, 0.717) is 18.4 Å². The zero-order valence-electron chi connectivity index (χ0n) is 21.7. The molecule has 1 aliphatic heterocycles. The molecule has 196 valence electrons. The first kappa shape index (κ1) is 25.4. The number of ether oxygens (including phenoxy) is 2. The van der Waals surface area contributed by atoms with Crippen molar-refractivity contribution in [2.45, 2.75) is 51.7 Å². The molecule has 0 N–H and O–H groups in total. The lowest BCUT2D eigenvalue weighted by Gasteiger charge is -2.48. The summed E-state index contributed by atoms with van der Waals surface area (Å²) in [5.41, 5.74) is 2.48. The highest BCUT2D eigenvalue weighted by Crippen LogP contribution is 2.54. The lowest BCUT2D eigenvalue weighted by atomic mass is 9.56. The number of rotatable bonds is 5. The normalized spacial score (nSPS) is 30.9. The summed E-state index contributed by atoms with van der Waals surface area (Å²) in [5, 5.41) is 0. The summed E-state index contributed by atoms with van der Waals surface area (Å²) in [6, 6.07) is 10.5. The lowest BCUT2D eigenvalue weighted by molar-refractivity contribution is -0.144. The fourth-order valence-corrected chi connectivity index (χ4v) is 6.87. The zero-order valence-corrected chi connectivity index (χ0v) is 21.7. The first-order valence-corrected chi connectivity index (χ1v) is 13.4. The van der Waals surface area contributed by atoms with Crippen molar-refractivity contribution < 1.29 is 23.5 Å². The monoisotopic (exact) mass is 506 g/mol. The van der Waals surface area contributed by atoms with E-state index in [1.54, 1.807) is 17.2 Å². The number of hydrogen-bond acceptors (Lipinski definition) is 5. The van der Waals surface area contributed by atoms with Gasteiger partial charge in [0.15, 0.2) is 0 Å². The van der Waals surface area contributed by atoms with Gasteiger partial charge in [0.05, 0.1) is 18.2 Å². The topological polar surface area (TPSA) is 68.7 Å². The van der Waals surface area contributed by atoms with Gasteiger partial charge in [-0.2, -0.15) is 0 Å². The first-order chi connectivity index (χ1) is 17.9. The second-order valence-corrected chi connectivity index (χ2v) is 10.7. The van der Waals surface area contributed by atoms with E-state index in [1.165, 1.54) is 12.1 Å². The minimum absolute atomic E-state index is 0.0900. The van der Waals surface area contributed by atoms with Gasteiger partial charge in [-0.1, -0.05) is 24.3 Å². The highest BCUT2D eigenvalue weighted by molar-refractivity contribution is 5.75. The van der Waals surface area contributed by atoms with Gasteiger partial charge in [-0.15, -0.1) is 0 Å². The fraction of sp³-hybridized carbons (Fsp3) is 0.500. The van der Waals surface area contributed by atoms with Crippen molar-refractivity contribution in [1.82, 2.24) is 9.88 Å². The maximum absolute atomic E-state index is 13.6. The summed E-state index contributed by atoms with van der Waals surface area (Å²) in [6.07, 6.45) is 9.24. The number of fused-ring (bicyclic) bond motifs is 2. The van der Waals surface area contributed by atoms with Crippen LogP contribution in [0.1, 0.15) is 45.2 Å². The average Bonchev–Trinajstić information content (AvgIpc) is 3.19. The van der Waals surface area contributed by atoms with E-state index >= 15 is 0 Å². The molecule has 1 amide bonds. The van der Waals surface area contributed by atoms with Gasteiger partial charge in [0, 0.05) is 30.8 Å². The Morgan fingerprint density at radius 3 is 2.78 bits per heavy atom. The van der Waals surface area contributed by atoms with Crippen LogP contribution in [0.4, 0.5) is 9.18 Å². The van der Waals surface area contributed by atoms with E-state index in [0.717, 1.165) is 42.5 Å². The Morgan fingerprint density at radius 2 is 2.05 bits per heavy atom. The van der Waals surface area contributed by atoms with Gasteiger partial charge in [-0.05, 0) is 87.1 Å². The van der Waals surface area contributed by atoms with Crippen LogP contribution in [-0.2, 0) is 14.3 Å². The van der Waals surface area contributed by atoms with Crippen molar-refractivity contribution in [1.29, 1.82) is 0 Å². The summed E-state index contributed by atoms with van der Waals surface area (Å²) in [5.74, 6) is 0.641. The van der Waals surface area contributed by atoms with Gasteiger partial charge < -0.3 is 14.4 Å². The number of esters is 1. The number of nitrogens with zero attached hydrogens (tertiary/aromatic N) is 2. The molecule has 0 spiro atoms. The molecule has 5 rings (SSSR count). The number of hydrogen-bond donors (Lipinski definition) is 0. The number of halogens is 1. The molecule has 7 atom stereocenters. The number of amides is 1. The van der Waals surface area contributed by atoms with Crippen molar-refractivity contribution >= 4 is 18.1 Å². The molecule has 2 saturated carbocycles. The summed E-state index contributed by atoms with van der Waals surface area (Å²) in [6.45, 7) is 4.19. The van der Waals surface area contributed by atoms with Crippen LogP contribution >= 0.6 is 0 Å². The molecule has 0 bridgehead atoms. The van der Waals surface area contributed by atoms with Crippen molar-refractivity contribution in [3.05, 3.63) is 60.2 Å². The largest absolute Gasteiger partial charge is 0.462 e. The molecular formula is C30H35FN2O4. The van der Waals surface area contributed by atoms with Gasteiger partial charge >= 0.3 is 12.1 Å². The number of carbonyl (C=O) groups is 2. The molecule has 3 aliphatic rings. The van der Waals surface area contributed by atoms with Crippen molar-refractivity contribution in [2.24, 2.45) is 29.6 Å². The Hall–Kier alpha value is -3.22. The van der Waals surface area contributed by atoms with E-state index in [9.17, 15) is 14.0 Å². The average molecular weight is 507 g/mol. The summed E-state index contributed by atoms with van der Waals surface area (Å²) >= 11 is 0. The molecule has 7 heteroatoms. The van der Waals surface area contributed by atoms with Crippen LogP contribution < -0.4 is 0 Å². The minimum Gasteiger partial charge on any atom is -0.462 e. The summed E-state index contributed by atoms with van der Waals surface area (Å²) in [4.78, 5) is 31.4. The van der Waals surface area contributed by atoms with Crippen LogP contribution in [0.2, 0.25) is 0 Å². The fourth-order valence-electron chi connectivity index (χ4n) is 6.87. The van der Waals surface area contributed by atoms with Crippen LogP contribution in [0, 0.1) is 35.4 Å². The van der Waals surface area contributed by atoms with Crippen LogP contribution in [0.15, 0.2) is 48.7 Å². The molecular weight excluding hydrogens is 471 g/mol. The number of allylic oxidation sites excluding steroid dienone is 1. The number of carbonyl (C=O) groups excluding carboxylic acids is 2. The molecule has 2 heterocycles. The predicted octanol–water partition coefficient (Wildman–Crippen LogP) is 5.97. The highest BCUT2D eigenvalue weighted by Gasteiger charge is 2.54. The molecule has 37 heavy (non-hydrogen) atoms. The molecule has 1 aromatic heterocycles. The van der Waals surface area contributed by atoms with E-state index in [-0.39, 0.29) is 47.8 Å². The SMILES string of the molecule is CCOC(=O)N(C)[C@@H]1CCC2[C@@H](C1)C[C@H]1C(=O)O[C@H](C)[C@H]1[C@H]2/C=C\c1ccc(-c2cccc(F)c2)cn1. The van der Waals surface area contributed by atoms with Gasteiger partial charge in [0.25, 0.3) is 0 Å². The second kappa shape index (κ2) is 10.6. The molecule has 1 saturated heterocycles. The molecule has 2 aromatic rings. The molecule has 3 fully saturated rings. The Labute approximate surface area is 217 Å². The first-order valence-electron chi connectivity index (χ1n) is 13.4. The Kier molecular flexibility index (Phi) is 7.31. The maximum atomic E-state index is 13.6. The van der Waals surface area contributed by atoms with Gasteiger partial charge in [-0.3, -0.25) is 9.78 Å². The van der Waals surface area contributed by atoms with E-state index in [4.69, 9.17) is 9.47 Å². The summed E-state index contributed by atoms with van der Waals surface area (Å²) < 4.78 is 24.5. The summed E-state index contributed by atoms with van der Waals surface area (Å²) in [7, 11) is 1.82. The number of aromatic nitrogens is 1. The number of benzene rings is 1. The molecule has 1 unspecified atom stereocenters. The van der Waals surface area contributed by atoms with Crippen LogP contribution in [0.5, 0.6) is 0 Å². The van der Waals surface area contributed by atoms with Crippen molar-refractivity contribution in [3.8, 4) is 11.1 Å². The third kappa shape index (κ3) is 5.13. The Morgan fingerprint density at radius 1 is 1.22 bits per heavy atom. The standard InChI is InChI=1S/C30H35FN2O4/c1-4-36-30(35)33(3)24-11-13-25-21(15-24)16-27-28(18(2)37-29(27)34)26(25)12-10-23-9-8-20(17-32-23)19-6-5-7-22(31)14-19/h5-10,12,14,17-18,21,24-28H,4,11,13,15-16H2,1-3H3/b12-10-/t18-,21+,24-,25?,26+,27-,28+/m1/s1. The van der Waals surface area contributed by atoms with E-state index in [2.05, 4.69) is 11.1 Å². The molecule has 0 radical (unpaired) electrons. The quantitative estimate of drug-likeness (QED) is 0.467. The molecule has 1 aromatic carbocycles. The Bertz CT molecular complexity index is 1170. The number of cyclic esters (lactones) is 1. The van der Waals surface area contributed by atoms with Gasteiger partial charge in [-0.25, -0.2) is 9.18 Å². The smallest absolute Gasteiger partial charge is 0.409 e. The number of pyridine rings is 1. The van der Waals surface area contributed by atoms with E-state index in [1.807, 2.05) is 45.2 Å². The zero-order chi connectivity index (χ0) is 26.1. The van der Waals surface area contributed by atoms with Crippen LogP contribution in [0.25, 0.3) is 17.2 Å². The molecule has 2 aliphatic carbocycles. The third-order valence-corrected chi connectivity index (χ3v) is 8.66. The molecule has 6 nitrogen and oxygen atoms in total. The third-order valence-electron chi connectivity index (χ3n) is 8.66. The van der Waals surface area contributed by atoms with Crippen LogP contribution in [-0.4, -0.2) is 47.7 Å². The second-order valence-electron chi connectivity index (χ2n) is 10.7. The maximum Gasteiger partial charge on any atom is 0.409 e. The van der Waals surface area contributed by atoms with Gasteiger partial charge in [0.1, 0.15) is 11.9 Å². The lowest BCUT2D eigenvalue weighted by Crippen LogP contribution is -2.48. The minimum atomic E-state index is -0.280. The highest BCUT2D eigenvalue weighted by atomic mass is 19.1. The van der Waals surface area contributed by atoms with Crippen molar-refractivity contribution in [3.63, 3.8) is 0 Å². The van der Waals surface area contributed by atoms with Crippen LogP contribution in [0.3, 0.4) is 0 Å². The Balaban J connectivity index is 1.35. The van der Waals surface area contributed by atoms with Crippen molar-refractivity contribution in [2.75, 3.05) is 13.7 Å². The predicted molar refractivity (Wildman–Crippen MR) is 139 cm³/mol.